The summed E-state index contributed by atoms with van der Waals surface area (Å²) >= 11 is 0. The van der Waals surface area contributed by atoms with Crippen molar-refractivity contribution in [3.8, 4) is 5.75 Å². The van der Waals surface area contributed by atoms with Crippen LogP contribution >= 0.6 is 0 Å². The first-order valence-electron chi connectivity index (χ1n) is 7.82. The van der Waals surface area contributed by atoms with Gasteiger partial charge < -0.3 is 14.8 Å². The number of hydrogen-bond donors (Lipinski definition) is 1. The SMILES string of the molecule is C[C@@H]1CN2C[C@H](NC(=O)c3cccc(OC(F)(F)F)c3)C[C@H]2CO1. The van der Waals surface area contributed by atoms with Crippen LogP contribution in [-0.2, 0) is 4.74 Å². The van der Waals surface area contributed by atoms with E-state index in [1.54, 1.807) is 0 Å². The molecule has 3 atom stereocenters. The number of carbonyl (C=O) groups is 1. The number of nitrogens with one attached hydrogen (secondary N) is 1. The lowest BCUT2D eigenvalue weighted by Crippen LogP contribution is -2.45. The third kappa shape index (κ3) is 4.18. The molecule has 1 aromatic rings. The first-order chi connectivity index (χ1) is 11.3. The van der Waals surface area contributed by atoms with Gasteiger partial charge in [-0.15, -0.1) is 13.2 Å². The van der Waals surface area contributed by atoms with Gasteiger partial charge in [0.05, 0.1) is 12.7 Å². The molecule has 2 fully saturated rings. The number of morpholine rings is 1. The van der Waals surface area contributed by atoms with E-state index in [9.17, 15) is 18.0 Å². The van der Waals surface area contributed by atoms with Gasteiger partial charge in [0, 0.05) is 30.7 Å². The third-order valence-corrected chi connectivity index (χ3v) is 4.26. The Morgan fingerprint density at radius 1 is 1.38 bits per heavy atom. The Morgan fingerprint density at radius 3 is 2.92 bits per heavy atom. The number of halogens is 3. The Balaban J connectivity index is 1.60. The van der Waals surface area contributed by atoms with Crippen molar-refractivity contribution < 1.29 is 27.4 Å². The van der Waals surface area contributed by atoms with Crippen molar-refractivity contribution in [3.05, 3.63) is 29.8 Å². The van der Waals surface area contributed by atoms with E-state index in [-0.39, 0.29) is 23.8 Å². The number of carbonyl (C=O) groups excluding carboxylic acids is 1. The molecular weight excluding hydrogens is 325 g/mol. The minimum Gasteiger partial charge on any atom is -0.406 e. The maximum Gasteiger partial charge on any atom is 0.573 e. The topological polar surface area (TPSA) is 50.8 Å². The number of rotatable bonds is 3. The second-order valence-electron chi connectivity index (χ2n) is 6.23. The van der Waals surface area contributed by atoms with Crippen LogP contribution in [0.4, 0.5) is 13.2 Å². The summed E-state index contributed by atoms with van der Waals surface area (Å²) in [6, 6.07) is 5.33. The molecule has 1 N–H and O–H groups in total. The maximum absolute atomic E-state index is 12.3. The summed E-state index contributed by atoms with van der Waals surface area (Å²) in [6.45, 7) is 4.20. The largest absolute Gasteiger partial charge is 0.573 e. The lowest BCUT2D eigenvalue weighted by atomic mass is 10.1. The highest BCUT2D eigenvalue weighted by atomic mass is 19.4. The number of amides is 1. The molecule has 1 amide bonds. The maximum atomic E-state index is 12.3. The molecule has 5 nitrogen and oxygen atoms in total. The quantitative estimate of drug-likeness (QED) is 0.913. The number of nitrogens with zero attached hydrogens (tertiary/aromatic N) is 1. The molecule has 2 aliphatic rings. The molecule has 3 rings (SSSR count). The van der Waals surface area contributed by atoms with E-state index in [0.717, 1.165) is 25.6 Å². The van der Waals surface area contributed by atoms with Gasteiger partial charge in [-0.1, -0.05) is 6.07 Å². The second kappa shape index (κ2) is 6.60. The zero-order chi connectivity index (χ0) is 17.3. The highest BCUT2D eigenvalue weighted by molar-refractivity contribution is 5.94. The summed E-state index contributed by atoms with van der Waals surface area (Å²) in [5, 5.41) is 2.88. The van der Waals surface area contributed by atoms with Crippen LogP contribution < -0.4 is 10.1 Å². The molecular formula is C16H19F3N2O3. The molecule has 2 heterocycles. The summed E-state index contributed by atoms with van der Waals surface area (Å²) in [5.74, 6) is -0.803. The Morgan fingerprint density at radius 2 is 2.17 bits per heavy atom. The minimum absolute atomic E-state index is 0.0383. The lowest BCUT2D eigenvalue weighted by Gasteiger charge is -2.33. The molecule has 0 unspecified atom stereocenters. The average Bonchev–Trinajstić information content (AvgIpc) is 2.87. The van der Waals surface area contributed by atoms with Gasteiger partial charge in [0.2, 0.25) is 0 Å². The zero-order valence-electron chi connectivity index (χ0n) is 13.2. The summed E-state index contributed by atoms with van der Waals surface area (Å²) in [7, 11) is 0. The molecule has 2 aliphatic heterocycles. The van der Waals surface area contributed by atoms with Gasteiger partial charge in [0.15, 0.2) is 0 Å². The van der Waals surface area contributed by atoms with Crippen LogP contribution in [0.1, 0.15) is 23.7 Å². The molecule has 2 saturated heterocycles. The third-order valence-electron chi connectivity index (χ3n) is 4.26. The smallest absolute Gasteiger partial charge is 0.406 e. The summed E-state index contributed by atoms with van der Waals surface area (Å²) < 4.78 is 46.3. The standard InChI is InChI=1S/C16H19F3N2O3/c1-10-7-21-8-12(6-13(21)9-23-10)20-15(22)11-3-2-4-14(5-11)24-16(17,18)19/h2-5,10,12-13H,6-9H2,1H3,(H,20,22)/t10-,12-,13+/m1/s1. The highest BCUT2D eigenvalue weighted by Crippen LogP contribution is 2.25. The highest BCUT2D eigenvalue weighted by Gasteiger charge is 2.37. The summed E-state index contributed by atoms with van der Waals surface area (Å²) in [6.07, 6.45) is -3.83. The van der Waals surface area contributed by atoms with E-state index in [0.29, 0.717) is 6.61 Å². The van der Waals surface area contributed by atoms with Gasteiger partial charge in [0.25, 0.3) is 5.91 Å². The number of ether oxygens (including phenoxy) is 2. The molecule has 0 aliphatic carbocycles. The minimum atomic E-state index is -4.78. The van der Waals surface area contributed by atoms with Gasteiger partial charge in [-0.3, -0.25) is 9.69 Å². The van der Waals surface area contributed by atoms with E-state index >= 15 is 0 Å². The normalized spacial score (nSPS) is 27.6. The Bertz CT molecular complexity index is 608. The number of hydrogen-bond acceptors (Lipinski definition) is 4. The van der Waals surface area contributed by atoms with Gasteiger partial charge in [-0.2, -0.15) is 0 Å². The summed E-state index contributed by atoms with van der Waals surface area (Å²) in [5.41, 5.74) is 0.145. The van der Waals surface area contributed by atoms with Crippen molar-refractivity contribution in [2.75, 3.05) is 19.7 Å². The molecule has 0 saturated carbocycles. The Labute approximate surface area is 137 Å². The lowest BCUT2D eigenvalue weighted by molar-refractivity contribution is -0.274. The first kappa shape index (κ1) is 17.0. The Kier molecular flexibility index (Phi) is 4.69. The molecule has 1 aromatic carbocycles. The summed E-state index contributed by atoms with van der Waals surface area (Å²) in [4.78, 5) is 14.6. The zero-order valence-corrected chi connectivity index (χ0v) is 13.2. The van der Waals surface area contributed by atoms with Gasteiger partial charge in [-0.05, 0) is 31.5 Å². The van der Waals surface area contributed by atoms with Crippen LogP contribution in [0.25, 0.3) is 0 Å². The van der Waals surface area contributed by atoms with Crippen LogP contribution in [0.2, 0.25) is 0 Å². The van der Waals surface area contributed by atoms with E-state index in [4.69, 9.17) is 4.74 Å². The van der Waals surface area contributed by atoms with Gasteiger partial charge >= 0.3 is 6.36 Å². The second-order valence-corrected chi connectivity index (χ2v) is 6.23. The van der Waals surface area contributed by atoms with E-state index in [1.807, 2.05) is 6.92 Å². The fraction of sp³-hybridized carbons (Fsp3) is 0.562. The number of benzene rings is 1. The molecule has 24 heavy (non-hydrogen) atoms. The van der Waals surface area contributed by atoms with Crippen LogP contribution in [-0.4, -0.2) is 55.1 Å². The van der Waals surface area contributed by atoms with E-state index < -0.39 is 18.0 Å². The predicted molar refractivity (Wildman–Crippen MR) is 79.8 cm³/mol. The van der Waals surface area contributed by atoms with Crippen molar-refractivity contribution >= 4 is 5.91 Å². The monoisotopic (exact) mass is 344 g/mol. The van der Waals surface area contributed by atoms with Crippen LogP contribution in [0, 0.1) is 0 Å². The predicted octanol–water partition coefficient (Wildman–Crippen LogP) is 2.18. The van der Waals surface area contributed by atoms with Crippen molar-refractivity contribution in [2.24, 2.45) is 0 Å². The fourth-order valence-electron chi connectivity index (χ4n) is 3.25. The van der Waals surface area contributed by atoms with Crippen molar-refractivity contribution in [3.63, 3.8) is 0 Å². The fourth-order valence-corrected chi connectivity index (χ4v) is 3.25. The first-order valence-corrected chi connectivity index (χ1v) is 7.82. The van der Waals surface area contributed by atoms with Gasteiger partial charge in [0.1, 0.15) is 5.75 Å². The van der Waals surface area contributed by atoms with Crippen LogP contribution in [0.15, 0.2) is 24.3 Å². The van der Waals surface area contributed by atoms with Gasteiger partial charge in [-0.25, -0.2) is 0 Å². The van der Waals surface area contributed by atoms with E-state index in [2.05, 4.69) is 15.0 Å². The van der Waals surface area contributed by atoms with Crippen LogP contribution in [0.5, 0.6) is 5.75 Å². The van der Waals surface area contributed by atoms with Crippen molar-refractivity contribution in [2.45, 2.75) is 37.9 Å². The number of alkyl halides is 3. The van der Waals surface area contributed by atoms with Crippen molar-refractivity contribution in [1.82, 2.24) is 10.2 Å². The van der Waals surface area contributed by atoms with Crippen LogP contribution in [0.3, 0.4) is 0 Å². The molecule has 132 valence electrons. The molecule has 0 spiro atoms. The Hall–Kier alpha value is -1.80. The van der Waals surface area contributed by atoms with E-state index in [1.165, 1.54) is 18.2 Å². The van der Waals surface area contributed by atoms with Crippen molar-refractivity contribution in [1.29, 1.82) is 0 Å². The molecule has 8 heteroatoms. The molecule has 0 aromatic heterocycles. The number of fused-ring (bicyclic) bond motifs is 1. The molecule has 0 radical (unpaired) electrons. The average molecular weight is 344 g/mol. The molecule has 0 bridgehead atoms.